The maximum atomic E-state index is 5.85. The highest BCUT2D eigenvalue weighted by Gasteiger charge is 2.03. The summed E-state index contributed by atoms with van der Waals surface area (Å²) in [5.74, 6) is 0.766. The van der Waals surface area contributed by atoms with Gasteiger partial charge in [0.25, 0.3) is 0 Å². The summed E-state index contributed by atoms with van der Waals surface area (Å²) in [6, 6.07) is 5.87. The number of nitrogens with two attached hydrogens (primary N) is 1. The first-order chi connectivity index (χ1) is 6.81. The number of aromatic amines is 1. The molecule has 0 amide bonds. The van der Waals surface area contributed by atoms with E-state index in [1.807, 2.05) is 24.4 Å². The average molecular weight is 190 g/mol. The molecule has 3 heteroatoms. The van der Waals surface area contributed by atoms with E-state index >= 15 is 0 Å². The molecule has 3 N–H and O–H groups in total. The fourth-order valence-corrected chi connectivity index (χ4v) is 1.44. The SMILES string of the molecule is CCCOc1cc2[nH]ccc2cc1N. The number of hydrogen-bond donors (Lipinski definition) is 2. The molecule has 1 aromatic heterocycles. The van der Waals surface area contributed by atoms with Gasteiger partial charge < -0.3 is 15.5 Å². The topological polar surface area (TPSA) is 51.0 Å². The zero-order chi connectivity index (χ0) is 9.97. The van der Waals surface area contributed by atoms with Crippen LogP contribution >= 0.6 is 0 Å². The van der Waals surface area contributed by atoms with Crippen molar-refractivity contribution in [1.82, 2.24) is 4.98 Å². The van der Waals surface area contributed by atoms with Crippen molar-refractivity contribution in [2.45, 2.75) is 13.3 Å². The first kappa shape index (κ1) is 8.94. The predicted molar refractivity (Wildman–Crippen MR) is 58.5 cm³/mol. The molecule has 1 heterocycles. The van der Waals surface area contributed by atoms with E-state index in [1.54, 1.807) is 0 Å². The summed E-state index contributed by atoms with van der Waals surface area (Å²) in [6.45, 7) is 2.78. The van der Waals surface area contributed by atoms with Crippen LogP contribution < -0.4 is 10.5 Å². The van der Waals surface area contributed by atoms with Gasteiger partial charge in [-0.2, -0.15) is 0 Å². The number of anilines is 1. The summed E-state index contributed by atoms with van der Waals surface area (Å²) in [7, 11) is 0. The lowest BCUT2D eigenvalue weighted by molar-refractivity contribution is 0.319. The molecule has 1 aromatic carbocycles. The molecular weight excluding hydrogens is 176 g/mol. The highest BCUT2D eigenvalue weighted by molar-refractivity contribution is 5.85. The first-order valence-corrected chi connectivity index (χ1v) is 4.80. The van der Waals surface area contributed by atoms with Crippen molar-refractivity contribution in [1.29, 1.82) is 0 Å². The van der Waals surface area contributed by atoms with Gasteiger partial charge in [-0.05, 0) is 18.6 Å². The van der Waals surface area contributed by atoms with E-state index in [2.05, 4.69) is 11.9 Å². The van der Waals surface area contributed by atoms with Gasteiger partial charge in [-0.25, -0.2) is 0 Å². The van der Waals surface area contributed by atoms with Crippen LogP contribution in [-0.2, 0) is 0 Å². The van der Waals surface area contributed by atoms with Crippen LogP contribution in [0.3, 0.4) is 0 Å². The zero-order valence-corrected chi connectivity index (χ0v) is 8.21. The van der Waals surface area contributed by atoms with Crippen LogP contribution in [0, 0.1) is 0 Å². The second-order valence-electron chi connectivity index (χ2n) is 3.30. The number of hydrogen-bond acceptors (Lipinski definition) is 2. The number of nitrogen functional groups attached to an aromatic ring is 1. The largest absolute Gasteiger partial charge is 0.491 e. The monoisotopic (exact) mass is 190 g/mol. The molecule has 3 nitrogen and oxygen atoms in total. The molecule has 74 valence electrons. The van der Waals surface area contributed by atoms with Gasteiger partial charge in [0.1, 0.15) is 5.75 Å². The summed E-state index contributed by atoms with van der Waals surface area (Å²) >= 11 is 0. The number of rotatable bonds is 3. The molecule has 0 radical (unpaired) electrons. The molecule has 0 bridgehead atoms. The van der Waals surface area contributed by atoms with E-state index in [-0.39, 0.29) is 0 Å². The molecule has 2 aromatic rings. The molecule has 0 atom stereocenters. The third-order valence-electron chi connectivity index (χ3n) is 2.15. The molecule has 0 unspecified atom stereocenters. The third kappa shape index (κ3) is 1.53. The van der Waals surface area contributed by atoms with Crippen molar-refractivity contribution in [3.63, 3.8) is 0 Å². The minimum absolute atomic E-state index is 0.700. The van der Waals surface area contributed by atoms with Crippen molar-refractivity contribution in [2.24, 2.45) is 0 Å². The van der Waals surface area contributed by atoms with E-state index < -0.39 is 0 Å². The van der Waals surface area contributed by atoms with Crippen molar-refractivity contribution in [3.8, 4) is 5.75 Å². The number of aromatic nitrogens is 1. The van der Waals surface area contributed by atoms with Crippen LogP contribution in [0.4, 0.5) is 5.69 Å². The fourth-order valence-electron chi connectivity index (χ4n) is 1.44. The van der Waals surface area contributed by atoms with E-state index in [1.165, 1.54) is 0 Å². The second-order valence-corrected chi connectivity index (χ2v) is 3.30. The highest BCUT2D eigenvalue weighted by Crippen LogP contribution is 2.27. The van der Waals surface area contributed by atoms with Crippen molar-refractivity contribution in [3.05, 3.63) is 24.4 Å². The van der Waals surface area contributed by atoms with Gasteiger partial charge >= 0.3 is 0 Å². The van der Waals surface area contributed by atoms with Gasteiger partial charge in [0.15, 0.2) is 0 Å². The van der Waals surface area contributed by atoms with Gasteiger partial charge in [0.2, 0.25) is 0 Å². The molecule has 0 aliphatic rings. The van der Waals surface area contributed by atoms with Crippen LogP contribution in [0.1, 0.15) is 13.3 Å². The quantitative estimate of drug-likeness (QED) is 0.731. The van der Waals surface area contributed by atoms with E-state index in [0.29, 0.717) is 12.3 Å². The molecule has 0 saturated heterocycles. The highest BCUT2D eigenvalue weighted by atomic mass is 16.5. The molecular formula is C11H14N2O. The van der Waals surface area contributed by atoms with Crippen LogP contribution in [0.5, 0.6) is 5.75 Å². The molecule has 0 saturated carbocycles. The average Bonchev–Trinajstić information content (AvgIpc) is 2.61. The number of H-pyrrole nitrogens is 1. The molecule has 0 fully saturated rings. The first-order valence-electron chi connectivity index (χ1n) is 4.80. The summed E-state index contributed by atoms with van der Waals surface area (Å²) in [5, 5.41) is 1.12. The van der Waals surface area contributed by atoms with Gasteiger partial charge in [-0.1, -0.05) is 6.92 Å². The maximum absolute atomic E-state index is 5.85. The second kappa shape index (κ2) is 3.62. The van der Waals surface area contributed by atoms with Crippen LogP contribution in [0.25, 0.3) is 10.9 Å². The minimum Gasteiger partial charge on any atom is -0.491 e. The molecule has 14 heavy (non-hydrogen) atoms. The van der Waals surface area contributed by atoms with Gasteiger partial charge in [0, 0.05) is 23.2 Å². The maximum Gasteiger partial charge on any atom is 0.144 e. The summed E-state index contributed by atoms with van der Waals surface area (Å²) in [4.78, 5) is 3.13. The van der Waals surface area contributed by atoms with E-state index in [4.69, 9.17) is 10.5 Å². The Morgan fingerprint density at radius 1 is 1.43 bits per heavy atom. The Bertz CT molecular complexity index is 434. The third-order valence-corrected chi connectivity index (χ3v) is 2.15. The smallest absolute Gasteiger partial charge is 0.144 e. The Labute approximate surface area is 82.9 Å². The lowest BCUT2D eigenvalue weighted by atomic mass is 10.2. The van der Waals surface area contributed by atoms with Crippen molar-refractivity contribution in [2.75, 3.05) is 12.3 Å². The zero-order valence-electron chi connectivity index (χ0n) is 8.21. The summed E-state index contributed by atoms with van der Waals surface area (Å²) < 4.78 is 5.52. The van der Waals surface area contributed by atoms with Crippen molar-refractivity contribution < 1.29 is 4.74 Å². The fraction of sp³-hybridized carbons (Fsp3) is 0.273. The number of nitrogens with one attached hydrogen (secondary N) is 1. The number of fused-ring (bicyclic) bond motifs is 1. The standard InChI is InChI=1S/C11H14N2O/c1-2-5-14-11-7-10-8(3-4-13-10)6-9(11)12/h3-4,6-7,13H,2,5,12H2,1H3. The Morgan fingerprint density at radius 2 is 2.29 bits per heavy atom. The van der Waals surface area contributed by atoms with Crippen LogP contribution in [0.2, 0.25) is 0 Å². The molecule has 2 rings (SSSR count). The molecule has 0 aliphatic heterocycles. The van der Waals surface area contributed by atoms with E-state index in [0.717, 1.165) is 23.1 Å². The summed E-state index contributed by atoms with van der Waals surface area (Å²) in [5.41, 5.74) is 7.61. The Kier molecular flexibility index (Phi) is 2.31. The van der Waals surface area contributed by atoms with Gasteiger partial charge in [-0.3, -0.25) is 0 Å². The van der Waals surface area contributed by atoms with Crippen molar-refractivity contribution >= 4 is 16.6 Å². The lowest BCUT2D eigenvalue weighted by Gasteiger charge is -2.07. The Balaban J connectivity index is 2.38. The minimum atomic E-state index is 0.700. The van der Waals surface area contributed by atoms with Crippen LogP contribution in [-0.4, -0.2) is 11.6 Å². The van der Waals surface area contributed by atoms with Gasteiger partial charge in [-0.15, -0.1) is 0 Å². The molecule has 0 aliphatic carbocycles. The lowest BCUT2D eigenvalue weighted by Crippen LogP contribution is -1.98. The summed E-state index contributed by atoms with van der Waals surface area (Å²) in [6.07, 6.45) is 2.88. The Morgan fingerprint density at radius 3 is 3.07 bits per heavy atom. The predicted octanol–water partition coefficient (Wildman–Crippen LogP) is 2.54. The normalized spacial score (nSPS) is 10.6. The molecule has 0 spiro atoms. The Hall–Kier alpha value is -1.64. The number of benzene rings is 1. The van der Waals surface area contributed by atoms with E-state index in [9.17, 15) is 0 Å². The van der Waals surface area contributed by atoms with Gasteiger partial charge in [0.05, 0.1) is 12.3 Å². The number of ether oxygens (including phenoxy) is 1. The van der Waals surface area contributed by atoms with Crippen LogP contribution in [0.15, 0.2) is 24.4 Å².